The van der Waals surface area contributed by atoms with E-state index in [1.165, 1.54) is 4.31 Å². The molecule has 0 bridgehead atoms. The van der Waals surface area contributed by atoms with Gasteiger partial charge in [-0.05, 0) is 39.9 Å². The molecule has 126 valence electrons. The molecular weight excluding hydrogens is 288 g/mol. The van der Waals surface area contributed by atoms with E-state index < -0.39 is 10.2 Å². The van der Waals surface area contributed by atoms with Gasteiger partial charge in [-0.25, -0.2) is 0 Å². The summed E-state index contributed by atoms with van der Waals surface area (Å²) in [5.74, 6) is 0. The second-order valence-corrected chi connectivity index (χ2v) is 8.36. The van der Waals surface area contributed by atoms with Gasteiger partial charge in [-0.15, -0.1) is 0 Å². The highest BCUT2D eigenvalue weighted by molar-refractivity contribution is 7.86. The first-order valence-corrected chi connectivity index (χ1v) is 9.30. The van der Waals surface area contributed by atoms with Crippen LogP contribution in [0.4, 0.5) is 0 Å². The van der Waals surface area contributed by atoms with Crippen LogP contribution < -0.4 is 5.32 Å². The minimum atomic E-state index is -3.35. The van der Waals surface area contributed by atoms with Gasteiger partial charge in [0.1, 0.15) is 0 Å². The number of hydrogen-bond acceptors (Lipinski definition) is 4. The highest BCUT2D eigenvalue weighted by Crippen LogP contribution is 2.16. The van der Waals surface area contributed by atoms with Crippen molar-refractivity contribution in [3.05, 3.63) is 0 Å². The van der Waals surface area contributed by atoms with E-state index in [2.05, 4.69) is 24.1 Å². The van der Waals surface area contributed by atoms with Gasteiger partial charge in [0, 0.05) is 38.8 Å². The molecule has 21 heavy (non-hydrogen) atoms. The molecule has 0 radical (unpaired) electrons. The molecule has 0 aromatic heterocycles. The number of hydrogen-bond donors (Lipinski definition) is 1. The summed E-state index contributed by atoms with van der Waals surface area (Å²) >= 11 is 0. The van der Waals surface area contributed by atoms with Crippen LogP contribution in [0, 0.1) is 0 Å². The Labute approximate surface area is 130 Å². The molecule has 1 heterocycles. The first-order chi connectivity index (χ1) is 9.75. The highest BCUT2D eigenvalue weighted by atomic mass is 32.2. The van der Waals surface area contributed by atoms with Crippen LogP contribution in [-0.2, 0) is 10.2 Å². The minimum Gasteiger partial charge on any atom is -0.314 e. The Morgan fingerprint density at radius 2 is 2.00 bits per heavy atom. The van der Waals surface area contributed by atoms with E-state index in [0.29, 0.717) is 19.1 Å². The second kappa shape index (κ2) is 8.43. The molecule has 1 rings (SSSR count). The molecule has 1 unspecified atom stereocenters. The van der Waals surface area contributed by atoms with Crippen molar-refractivity contribution in [2.45, 2.75) is 45.7 Å². The molecule has 1 fully saturated rings. The normalized spacial score (nSPS) is 22.9. The van der Waals surface area contributed by atoms with Crippen molar-refractivity contribution in [3.8, 4) is 0 Å². The Hall–Kier alpha value is -0.210. The molecule has 0 spiro atoms. The van der Waals surface area contributed by atoms with Gasteiger partial charge in [0.2, 0.25) is 0 Å². The maximum Gasteiger partial charge on any atom is 0.282 e. The van der Waals surface area contributed by atoms with Crippen LogP contribution in [0.25, 0.3) is 0 Å². The summed E-state index contributed by atoms with van der Waals surface area (Å²) < 4.78 is 28.5. The second-order valence-electron chi connectivity index (χ2n) is 6.37. The lowest BCUT2D eigenvalue weighted by Crippen LogP contribution is -2.48. The van der Waals surface area contributed by atoms with E-state index >= 15 is 0 Å². The van der Waals surface area contributed by atoms with E-state index in [-0.39, 0.29) is 6.04 Å². The number of nitrogens with zero attached hydrogens (tertiary/aromatic N) is 3. The molecular formula is C14H32N4O2S. The fourth-order valence-electron chi connectivity index (χ4n) is 2.68. The molecule has 1 aliphatic heterocycles. The van der Waals surface area contributed by atoms with Crippen LogP contribution in [0.1, 0.15) is 33.6 Å². The van der Waals surface area contributed by atoms with Gasteiger partial charge in [0.25, 0.3) is 10.2 Å². The number of nitrogens with one attached hydrogen (secondary N) is 1. The lowest BCUT2D eigenvalue weighted by molar-refractivity contribution is 0.276. The quantitative estimate of drug-likeness (QED) is 0.697. The predicted molar refractivity (Wildman–Crippen MR) is 87.6 cm³/mol. The van der Waals surface area contributed by atoms with Crippen LogP contribution in [-0.4, -0.2) is 80.8 Å². The summed E-state index contributed by atoms with van der Waals surface area (Å²) in [6.45, 7) is 9.94. The van der Waals surface area contributed by atoms with Crippen LogP contribution in [0.3, 0.4) is 0 Å². The van der Waals surface area contributed by atoms with Crippen molar-refractivity contribution in [1.29, 1.82) is 0 Å². The fourth-order valence-corrected chi connectivity index (χ4v) is 4.28. The van der Waals surface area contributed by atoms with Gasteiger partial charge in [-0.1, -0.05) is 13.8 Å². The van der Waals surface area contributed by atoms with E-state index in [0.717, 1.165) is 32.5 Å². The minimum absolute atomic E-state index is 0.0266. The maximum atomic E-state index is 12.7. The van der Waals surface area contributed by atoms with Crippen molar-refractivity contribution in [2.75, 3.05) is 46.8 Å². The average Bonchev–Trinajstić information content (AvgIpc) is 2.54. The van der Waals surface area contributed by atoms with Gasteiger partial charge in [0.15, 0.2) is 0 Å². The topological polar surface area (TPSA) is 55.9 Å². The third kappa shape index (κ3) is 5.83. The molecule has 0 aliphatic carbocycles. The van der Waals surface area contributed by atoms with Gasteiger partial charge in [0.05, 0.1) is 0 Å². The van der Waals surface area contributed by atoms with E-state index in [1.807, 2.05) is 14.0 Å². The summed E-state index contributed by atoms with van der Waals surface area (Å²) in [6, 6.07) is 0.465. The van der Waals surface area contributed by atoms with Gasteiger partial charge in [-0.2, -0.15) is 17.0 Å². The average molecular weight is 321 g/mol. The Morgan fingerprint density at radius 3 is 2.62 bits per heavy atom. The van der Waals surface area contributed by atoms with E-state index in [9.17, 15) is 8.42 Å². The monoisotopic (exact) mass is 320 g/mol. The molecule has 1 N–H and O–H groups in total. The molecule has 0 aromatic rings. The smallest absolute Gasteiger partial charge is 0.282 e. The Bertz CT molecular complexity index is 400. The molecule has 0 amide bonds. The lowest BCUT2D eigenvalue weighted by atomic mass is 10.3. The van der Waals surface area contributed by atoms with Crippen molar-refractivity contribution in [1.82, 2.24) is 18.8 Å². The van der Waals surface area contributed by atoms with Crippen LogP contribution in [0.15, 0.2) is 0 Å². The van der Waals surface area contributed by atoms with Gasteiger partial charge in [-0.3, -0.25) is 0 Å². The maximum absolute atomic E-state index is 12.7. The van der Waals surface area contributed by atoms with E-state index in [1.54, 1.807) is 11.4 Å². The van der Waals surface area contributed by atoms with Crippen molar-refractivity contribution < 1.29 is 8.42 Å². The molecule has 1 aliphatic rings. The zero-order chi connectivity index (χ0) is 16.0. The number of likely N-dealkylation sites (N-methyl/N-ethyl adjacent to an activating group) is 1. The van der Waals surface area contributed by atoms with Crippen LogP contribution in [0.2, 0.25) is 0 Å². The summed E-state index contributed by atoms with van der Waals surface area (Å²) in [6.07, 6.45) is 1.72. The molecule has 7 heteroatoms. The van der Waals surface area contributed by atoms with Gasteiger partial charge >= 0.3 is 0 Å². The third-order valence-electron chi connectivity index (χ3n) is 3.88. The summed E-state index contributed by atoms with van der Waals surface area (Å²) in [7, 11) is 0.390. The molecule has 6 nitrogen and oxygen atoms in total. The SMILES string of the molecule is CC(C)NCCCN(C)S(=O)(=O)N1CCCN(C)CC1C. The Kier molecular flexibility index (Phi) is 7.56. The summed E-state index contributed by atoms with van der Waals surface area (Å²) in [5, 5.41) is 3.31. The zero-order valence-corrected chi connectivity index (χ0v) is 15.0. The van der Waals surface area contributed by atoms with Gasteiger partial charge < -0.3 is 10.2 Å². The van der Waals surface area contributed by atoms with Crippen molar-refractivity contribution in [2.24, 2.45) is 0 Å². The Morgan fingerprint density at radius 1 is 1.33 bits per heavy atom. The molecule has 1 saturated heterocycles. The molecule has 0 aromatic carbocycles. The zero-order valence-electron chi connectivity index (χ0n) is 14.2. The number of rotatable bonds is 7. The van der Waals surface area contributed by atoms with Crippen LogP contribution >= 0.6 is 0 Å². The van der Waals surface area contributed by atoms with Crippen LogP contribution in [0.5, 0.6) is 0 Å². The van der Waals surface area contributed by atoms with E-state index in [4.69, 9.17) is 0 Å². The largest absolute Gasteiger partial charge is 0.314 e. The summed E-state index contributed by atoms with van der Waals surface area (Å²) in [5.41, 5.74) is 0. The van der Waals surface area contributed by atoms with Crippen molar-refractivity contribution in [3.63, 3.8) is 0 Å². The lowest BCUT2D eigenvalue weighted by Gasteiger charge is -2.31. The predicted octanol–water partition coefficient (Wildman–Crippen LogP) is 0.577. The third-order valence-corrected chi connectivity index (χ3v) is 5.98. The standard InChI is InChI=1S/C14H32N4O2S/c1-13(2)15-8-6-10-17(5)21(19,20)18-11-7-9-16(4)12-14(18)3/h13-15H,6-12H2,1-5H3. The molecule has 0 saturated carbocycles. The first-order valence-electron chi connectivity index (χ1n) is 7.90. The molecule has 1 atom stereocenters. The fraction of sp³-hybridized carbons (Fsp3) is 1.00. The highest BCUT2D eigenvalue weighted by Gasteiger charge is 2.32. The summed E-state index contributed by atoms with van der Waals surface area (Å²) in [4.78, 5) is 2.20. The van der Waals surface area contributed by atoms with Crippen molar-refractivity contribution >= 4 is 10.2 Å². The Balaban J connectivity index is 2.57. The first kappa shape index (κ1) is 18.8.